The molecule has 0 saturated heterocycles. The molecule has 4 heteroatoms. The average molecular weight is 169 g/mol. The van der Waals surface area contributed by atoms with Crippen LogP contribution in [0.4, 0.5) is 0 Å². The molecule has 0 aliphatic rings. The Hall–Kier alpha value is -1.97. The molecule has 4 nitrogen and oxygen atoms in total. The summed E-state index contributed by atoms with van der Waals surface area (Å²) >= 11 is 0. The molecule has 1 aromatic carbocycles. The van der Waals surface area contributed by atoms with Crippen molar-refractivity contribution in [2.75, 3.05) is 0 Å². The Balaban J connectivity index is 2.57. The normalized spacial score (nSPS) is 11.1. The molecule has 0 aliphatic carbocycles. The van der Waals surface area contributed by atoms with Gasteiger partial charge in [-0.05, 0) is 12.1 Å². The van der Waals surface area contributed by atoms with Crippen LogP contribution in [0, 0.1) is 6.20 Å². The zero-order valence-corrected chi connectivity index (χ0v) is 6.65. The average Bonchev–Trinajstić information content (AvgIpc) is 2.61. The summed E-state index contributed by atoms with van der Waals surface area (Å²) in [5.74, 6) is 0. The summed E-state index contributed by atoms with van der Waals surface area (Å²) in [5.41, 5.74) is 1.81. The van der Waals surface area contributed by atoms with Crippen LogP contribution >= 0.6 is 0 Å². The molecular formula is C9H5N4. The van der Waals surface area contributed by atoms with Gasteiger partial charge in [-0.15, -0.1) is 0 Å². The topological polar surface area (TPSA) is 54.5 Å². The van der Waals surface area contributed by atoms with E-state index in [-0.39, 0.29) is 0 Å². The van der Waals surface area contributed by atoms with Crippen molar-refractivity contribution in [2.24, 2.45) is 0 Å². The molecule has 13 heavy (non-hydrogen) atoms. The summed E-state index contributed by atoms with van der Waals surface area (Å²) in [5, 5.41) is 8.67. The lowest BCUT2D eigenvalue weighted by Crippen LogP contribution is -1.80. The fourth-order valence-corrected chi connectivity index (χ4v) is 1.36. The fraction of sp³-hybridized carbons (Fsp3) is 0. The number of aromatic nitrogens is 4. The molecule has 1 N–H and O–H groups in total. The van der Waals surface area contributed by atoms with Gasteiger partial charge in [-0.1, -0.05) is 0 Å². The Morgan fingerprint density at radius 1 is 1.23 bits per heavy atom. The summed E-state index contributed by atoms with van der Waals surface area (Å²) in [6.07, 6.45) is 6.23. The van der Waals surface area contributed by atoms with Crippen LogP contribution in [0.1, 0.15) is 0 Å². The molecule has 61 valence electrons. The van der Waals surface area contributed by atoms with Crippen LogP contribution in [0.25, 0.3) is 21.8 Å². The van der Waals surface area contributed by atoms with Gasteiger partial charge in [0.25, 0.3) is 0 Å². The third-order valence-corrected chi connectivity index (χ3v) is 1.99. The van der Waals surface area contributed by atoms with E-state index < -0.39 is 0 Å². The predicted molar refractivity (Wildman–Crippen MR) is 48.0 cm³/mol. The van der Waals surface area contributed by atoms with E-state index in [9.17, 15) is 0 Å². The second kappa shape index (κ2) is 2.26. The first-order valence-corrected chi connectivity index (χ1v) is 3.89. The number of nitrogens with zero attached hydrogens (tertiary/aromatic N) is 3. The molecule has 0 unspecified atom stereocenters. The Morgan fingerprint density at radius 2 is 2.23 bits per heavy atom. The highest BCUT2D eigenvalue weighted by atomic mass is 15.1. The van der Waals surface area contributed by atoms with Gasteiger partial charge in [0.2, 0.25) is 0 Å². The standard InChI is InChI=1S/C9H5N4/c1-7-4-12-13-9(7)2-6-3-10-5-11-8(1)6/h1-3,5H,(H,12,13). The molecular weight excluding hydrogens is 164 g/mol. The molecule has 3 rings (SSSR count). The molecule has 0 fully saturated rings. The number of H-pyrrole nitrogens is 1. The highest BCUT2D eigenvalue weighted by molar-refractivity contribution is 5.93. The smallest absolute Gasteiger partial charge is 0.116 e. The monoisotopic (exact) mass is 169 g/mol. The molecule has 0 saturated carbocycles. The number of rotatable bonds is 0. The van der Waals surface area contributed by atoms with Gasteiger partial charge in [0, 0.05) is 17.0 Å². The van der Waals surface area contributed by atoms with Gasteiger partial charge in [0.1, 0.15) is 6.33 Å². The van der Waals surface area contributed by atoms with Crippen LogP contribution in [0.5, 0.6) is 0 Å². The van der Waals surface area contributed by atoms with Crippen molar-refractivity contribution < 1.29 is 0 Å². The van der Waals surface area contributed by atoms with Gasteiger partial charge in [-0.2, -0.15) is 5.10 Å². The summed E-state index contributed by atoms with van der Waals surface area (Å²) in [7, 11) is 0. The molecule has 1 radical (unpaired) electrons. The van der Waals surface area contributed by atoms with Crippen molar-refractivity contribution in [1.29, 1.82) is 0 Å². The van der Waals surface area contributed by atoms with Gasteiger partial charge >= 0.3 is 0 Å². The summed E-state index contributed by atoms with van der Waals surface area (Å²) in [6.45, 7) is 0. The first-order chi connectivity index (χ1) is 6.43. The summed E-state index contributed by atoms with van der Waals surface area (Å²) < 4.78 is 0. The second-order valence-electron chi connectivity index (χ2n) is 2.80. The van der Waals surface area contributed by atoms with Gasteiger partial charge in [-0.3, -0.25) is 5.10 Å². The fourth-order valence-electron chi connectivity index (χ4n) is 1.36. The lowest BCUT2D eigenvalue weighted by Gasteiger charge is -1.93. The molecule has 0 spiro atoms. The first-order valence-electron chi connectivity index (χ1n) is 3.89. The van der Waals surface area contributed by atoms with Crippen LogP contribution in [0.2, 0.25) is 0 Å². The van der Waals surface area contributed by atoms with E-state index in [0.717, 1.165) is 21.8 Å². The molecule has 0 amide bonds. The zero-order chi connectivity index (χ0) is 8.67. The van der Waals surface area contributed by atoms with Crippen LogP contribution < -0.4 is 0 Å². The Kier molecular flexibility index (Phi) is 1.14. The third kappa shape index (κ3) is 0.885. The van der Waals surface area contributed by atoms with Crippen LogP contribution in [0.3, 0.4) is 0 Å². The SMILES string of the molecule is [c]1[nH]nc2cc3cncnc3cc12. The number of hydrogen-bond acceptors (Lipinski definition) is 3. The maximum absolute atomic E-state index is 4.14. The molecule has 2 heterocycles. The highest BCUT2D eigenvalue weighted by Crippen LogP contribution is 2.17. The van der Waals surface area contributed by atoms with E-state index in [1.165, 1.54) is 6.33 Å². The van der Waals surface area contributed by atoms with E-state index in [4.69, 9.17) is 0 Å². The number of fused-ring (bicyclic) bond motifs is 2. The second-order valence-corrected chi connectivity index (χ2v) is 2.80. The summed E-state index contributed by atoms with van der Waals surface area (Å²) in [6, 6.07) is 3.88. The number of aromatic amines is 1. The lowest BCUT2D eigenvalue weighted by atomic mass is 10.2. The molecule has 2 aromatic heterocycles. The zero-order valence-electron chi connectivity index (χ0n) is 6.65. The van der Waals surface area contributed by atoms with E-state index in [1.54, 1.807) is 6.20 Å². The number of benzene rings is 1. The minimum atomic E-state index is 0.891. The van der Waals surface area contributed by atoms with E-state index in [2.05, 4.69) is 26.4 Å². The van der Waals surface area contributed by atoms with Crippen molar-refractivity contribution in [3.8, 4) is 0 Å². The van der Waals surface area contributed by atoms with Crippen molar-refractivity contribution in [2.45, 2.75) is 0 Å². The maximum atomic E-state index is 4.14. The van der Waals surface area contributed by atoms with Gasteiger partial charge in [-0.25, -0.2) is 9.97 Å². The van der Waals surface area contributed by atoms with Crippen LogP contribution in [-0.2, 0) is 0 Å². The first kappa shape index (κ1) is 6.54. The molecule has 3 aromatic rings. The van der Waals surface area contributed by atoms with E-state index in [0.29, 0.717) is 0 Å². The third-order valence-electron chi connectivity index (χ3n) is 1.99. The Bertz CT molecular complexity index is 520. The van der Waals surface area contributed by atoms with E-state index >= 15 is 0 Å². The molecule has 0 atom stereocenters. The minimum Gasteiger partial charge on any atom is -0.275 e. The molecule has 0 aliphatic heterocycles. The molecule has 0 bridgehead atoms. The quantitative estimate of drug-likeness (QED) is 0.552. The van der Waals surface area contributed by atoms with E-state index in [1.807, 2.05) is 12.1 Å². The highest BCUT2D eigenvalue weighted by Gasteiger charge is 1.99. The van der Waals surface area contributed by atoms with Crippen molar-refractivity contribution in [1.82, 2.24) is 20.2 Å². The predicted octanol–water partition coefficient (Wildman–Crippen LogP) is 1.31. The van der Waals surface area contributed by atoms with Crippen molar-refractivity contribution >= 4 is 21.8 Å². The lowest BCUT2D eigenvalue weighted by molar-refractivity contribution is 1.11. The number of nitrogens with one attached hydrogen (secondary N) is 1. The van der Waals surface area contributed by atoms with Crippen LogP contribution in [0.15, 0.2) is 24.7 Å². The van der Waals surface area contributed by atoms with Crippen LogP contribution in [-0.4, -0.2) is 20.2 Å². The maximum Gasteiger partial charge on any atom is 0.116 e. The van der Waals surface area contributed by atoms with Gasteiger partial charge < -0.3 is 0 Å². The number of hydrogen-bond donors (Lipinski definition) is 1. The summed E-state index contributed by atoms with van der Waals surface area (Å²) in [4.78, 5) is 8.08. The Labute approximate surface area is 73.6 Å². The Morgan fingerprint density at radius 3 is 3.23 bits per heavy atom. The minimum absolute atomic E-state index is 0.891. The largest absolute Gasteiger partial charge is 0.275 e. The van der Waals surface area contributed by atoms with Crippen molar-refractivity contribution in [3.63, 3.8) is 0 Å². The van der Waals surface area contributed by atoms with Gasteiger partial charge in [0.05, 0.1) is 17.2 Å². The van der Waals surface area contributed by atoms with Crippen molar-refractivity contribution in [3.05, 3.63) is 30.9 Å². The van der Waals surface area contributed by atoms with Gasteiger partial charge in [0.15, 0.2) is 0 Å².